The van der Waals surface area contributed by atoms with Crippen LogP contribution in [0.1, 0.15) is 26.2 Å². The summed E-state index contributed by atoms with van der Waals surface area (Å²) >= 11 is 2.39. The maximum atomic E-state index is 11.7. The van der Waals surface area contributed by atoms with E-state index in [-0.39, 0.29) is 16.8 Å². The van der Waals surface area contributed by atoms with Crippen LogP contribution in [0.5, 0.6) is 0 Å². The Labute approximate surface area is 97.9 Å². The third kappa shape index (κ3) is 0.942. The number of alkyl halides is 1. The molecule has 1 heterocycles. The molecule has 3 rings (SSSR count). The molecule has 80 valence electrons. The zero-order valence-corrected chi connectivity index (χ0v) is 10.9. The van der Waals surface area contributed by atoms with Gasteiger partial charge in [0.05, 0.1) is 11.4 Å². The van der Waals surface area contributed by atoms with Gasteiger partial charge in [0.2, 0.25) is 0 Å². The van der Waals surface area contributed by atoms with Gasteiger partial charge in [-0.25, -0.2) is 0 Å². The second kappa shape index (κ2) is 2.66. The Morgan fingerprint density at radius 1 is 1.50 bits per heavy atom. The van der Waals surface area contributed by atoms with Crippen molar-refractivity contribution in [1.82, 2.24) is 0 Å². The molecular formula is C9H13IO3S. The standard InChI is InChI=1S/C9H13IO3S/c1-2-9-3-5-6(4-9)14(11,12)13-7(5)8(9)10/h5-8H,2-4H2,1H3. The van der Waals surface area contributed by atoms with E-state index in [0.717, 1.165) is 19.3 Å². The molecule has 0 radical (unpaired) electrons. The van der Waals surface area contributed by atoms with Crippen molar-refractivity contribution >= 4 is 32.7 Å². The summed E-state index contributed by atoms with van der Waals surface area (Å²) in [5, 5.41) is -0.182. The molecular weight excluding hydrogens is 315 g/mol. The largest absolute Gasteiger partial charge is 0.270 e. The molecule has 2 aliphatic carbocycles. The molecule has 5 heteroatoms. The highest BCUT2D eigenvalue weighted by atomic mass is 127. The lowest BCUT2D eigenvalue weighted by Gasteiger charge is -2.31. The molecule has 2 saturated carbocycles. The summed E-state index contributed by atoms with van der Waals surface area (Å²) in [6.45, 7) is 2.17. The molecule has 3 fully saturated rings. The lowest BCUT2D eigenvalue weighted by atomic mass is 9.81. The molecule has 5 unspecified atom stereocenters. The Kier molecular flexibility index (Phi) is 1.87. The summed E-state index contributed by atoms with van der Waals surface area (Å²) in [5.74, 6) is 0.293. The van der Waals surface area contributed by atoms with Gasteiger partial charge >= 0.3 is 0 Å². The maximum absolute atomic E-state index is 11.7. The third-order valence-electron chi connectivity index (χ3n) is 4.34. The van der Waals surface area contributed by atoms with Crippen LogP contribution in [0.15, 0.2) is 0 Å². The van der Waals surface area contributed by atoms with Gasteiger partial charge in [-0.2, -0.15) is 8.42 Å². The molecule has 0 spiro atoms. The fraction of sp³-hybridized carbons (Fsp3) is 1.00. The highest BCUT2D eigenvalue weighted by molar-refractivity contribution is 14.1. The minimum atomic E-state index is -3.22. The minimum absolute atomic E-state index is 0.0145. The molecule has 0 aromatic rings. The summed E-state index contributed by atoms with van der Waals surface area (Å²) in [6.07, 6.45) is 2.97. The van der Waals surface area contributed by atoms with Crippen LogP contribution in [0.3, 0.4) is 0 Å². The summed E-state index contributed by atoms with van der Waals surface area (Å²) in [5.41, 5.74) is 0.254. The van der Waals surface area contributed by atoms with E-state index in [4.69, 9.17) is 4.18 Å². The Bertz CT molecular complexity index is 380. The maximum Gasteiger partial charge on any atom is 0.270 e. The lowest BCUT2D eigenvalue weighted by Crippen LogP contribution is -2.35. The summed E-state index contributed by atoms with van der Waals surface area (Å²) in [4.78, 5) is 0. The Hall–Kier alpha value is 0.640. The van der Waals surface area contributed by atoms with Crippen LogP contribution in [-0.4, -0.2) is 23.7 Å². The van der Waals surface area contributed by atoms with Gasteiger partial charge in [0.15, 0.2) is 0 Å². The van der Waals surface area contributed by atoms with Gasteiger partial charge in [0.25, 0.3) is 10.1 Å². The molecule has 0 N–H and O–H groups in total. The average Bonchev–Trinajstić information content (AvgIpc) is 2.68. The highest BCUT2D eigenvalue weighted by Gasteiger charge is 2.69. The first kappa shape index (κ1) is 9.84. The van der Waals surface area contributed by atoms with Crippen LogP contribution in [-0.2, 0) is 14.3 Å². The zero-order chi connectivity index (χ0) is 10.1. The van der Waals surface area contributed by atoms with Gasteiger partial charge < -0.3 is 0 Å². The number of hydrogen-bond donors (Lipinski definition) is 0. The van der Waals surface area contributed by atoms with Crippen molar-refractivity contribution < 1.29 is 12.6 Å². The van der Waals surface area contributed by atoms with E-state index in [1.54, 1.807) is 0 Å². The predicted octanol–water partition coefficient (Wildman–Crippen LogP) is 1.71. The molecule has 1 aliphatic heterocycles. The Morgan fingerprint density at radius 3 is 2.71 bits per heavy atom. The Balaban J connectivity index is 2.10. The highest BCUT2D eigenvalue weighted by Crippen LogP contribution is 2.64. The molecule has 1 saturated heterocycles. The van der Waals surface area contributed by atoms with E-state index < -0.39 is 10.1 Å². The number of halogens is 1. The molecule has 14 heavy (non-hydrogen) atoms. The average molecular weight is 328 g/mol. The van der Waals surface area contributed by atoms with Crippen molar-refractivity contribution in [2.24, 2.45) is 11.3 Å². The van der Waals surface area contributed by atoms with Gasteiger partial charge in [0.1, 0.15) is 0 Å². The fourth-order valence-electron chi connectivity index (χ4n) is 3.50. The van der Waals surface area contributed by atoms with Crippen molar-refractivity contribution in [2.75, 3.05) is 0 Å². The summed E-state index contributed by atoms with van der Waals surface area (Å²) in [7, 11) is -3.22. The van der Waals surface area contributed by atoms with Gasteiger partial charge in [-0.1, -0.05) is 29.5 Å². The van der Waals surface area contributed by atoms with Crippen LogP contribution in [0.4, 0.5) is 0 Å². The van der Waals surface area contributed by atoms with Crippen LogP contribution < -0.4 is 0 Å². The molecule has 0 aromatic carbocycles. The van der Waals surface area contributed by atoms with Crippen molar-refractivity contribution in [2.45, 2.75) is 41.5 Å². The van der Waals surface area contributed by atoms with Crippen molar-refractivity contribution in [3.8, 4) is 0 Å². The molecule has 3 aliphatic rings. The molecule has 3 nitrogen and oxygen atoms in total. The molecule has 0 amide bonds. The van der Waals surface area contributed by atoms with Gasteiger partial charge in [-0.05, 0) is 24.7 Å². The summed E-state index contributed by atoms with van der Waals surface area (Å²) in [6, 6.07) is 0. The number of fused-ring (bicyclic) bond motifs is 1. The topological polar surface area (TPSA) is 43.4 Å². The van der Waals surface area contributed by atoms with Crippen molar-refractivity contribution in [3.63, 3.8) is 0 Å². The van der Waals surface area contributed by atoms with Gasteiger partial charge in [-0.3, -0.25) is 4.18 Å². The van der Waals surface area contributed by atoms with Crippen molar-refractivity contribution in [3.05, 3.63) is 0 Å². The molecule has 0 aromatic heterocycles. The van der Waals surface area contributed by atoms with E-state index in [2.05, 4.69) is 29.5 Å². The van der Waals surface area contributed by atoms with E-state index in [0.29, 0.717) is 9.84 Å². The number of rotatable bonds is 1. The molecule has 2 bridgehead atoms. The monoisotopic (exact) mass is 328 g/mol. The van der Waals surface area contributed by atoms with Crippen LogP contribution in [0.2, 0.25) is 0 Å². The molecule has 5 atom stereocenters. The lowest BCUT2D eigenvalue weighted by molar-refractivity contribution is 0.185. The fourth-order valence-corrected chi connectivity index (χ4v) is 7.25. The van der Waals surface area contributed by atoms with Gasteiger partial charge in [0, 0.05) is 9.84 Å². The summed E-state index contributed by atoms with van der Waals surface area (Å²) < 4.78 is 28.9. The number of hydrogen-bond acceptors (Lipinski definition) is 3. The van der Waals surface area contributed by atoms with E-state index >= 15 is 0 Å². The van der Waals surface area contributed by atoms with Crippen molar-refractivity contribution in [1.29, 1.82) is 0 Å². The first-order valence-corrected chi connectivity index (χ1v) is 7.78. The zero-order valence-electron chi connectivity index (χ0n) is 7.94. The second-order valence-electron chi connectivity index (χ2n) is 4.78. The van der Waals surface area contributed by atoms with Crippen LogP contribution in [0, 0.1) is 11.3 Å². The van der Waals surface area contributed by atoms with E-state index in [1.165, 1.54) is 0 Å². The second-order valence-corrected chi connectivity index (χ2v) is 7.91. The van der Waals surface area contributed by atoms with E-state index in [1.807, 2.05) is 0 Å². The first-order valence-electron chi connectivity index (χ1n) is 5.06. The minimum Gasteiger partial charge on any atom is -0.265 e. The van der Waals surface area contributed by atoms with Gasteiger partial charge in [-0.15, -0.1) is 0 Å². The normalized spacial score (nSPS) is 58.1. The smallest absolute Gasteiger partial charge is 0.265 e. The van der Waals surface area contributed by atoms with Crippen LogP contribution >= 0.6 is 22.6 Å². The van der Waals surface area contributed by atoms with E-state index in [9.17, 15) is 8.42 Å². The third-order valence-corrected chi connectivity index (χ3v) is 8.12. The SMILES string of the molecule is CCC12CC3C(OS(=O)(=O)C3C1)C2I. The first-order chi connectivity index (χ1) is 6.50. The quantitative estimate of drug-likeness (QED) is 0.418. The Morgan fingerprint density at radius 2 is 2.21 bits per heavy atom. The van der Waals surface area contributed by atoms with Crippen LogP contribution in [0.25, 0.3) is 0 Å². The predicted molar refractivity (Wildman–Crippen MR) is 60.8 cm³/mol.